The fourth-order valence-corrected chi connectivity index (χ4v) is 9.02. The van der Waals surface area contributed by atoms with Crippen LogP contribution in [0.5, 0.6) is 0 Å². The highest BCUT2D eigenvalue weighted by molar-refractivity contribution is 9.10. The Hall–Kier alpha value is -4.61. The molecule has 248 valence electrons. The van der Waals surface area contributed by atoms with Crippen LogP contribution in [-0.4, -0.2) is 23.5 Å². The van der Waals surface area contributed by atoms with Crippen molar-refractivity contribution < 1.29 is 19.4 Å². The van der Waals surface area contributed by atoms with E-state index >= 15 is 4.79 Å². The van der Waals surface area contributed by atoms with E-state index in [0.29, 0.717) is 26.7 Å². The Morgan fingerprint density at radius 3 is 2.00 bits per heavy atom. The largest absolute Gasteiger partial charge is 0.465 e. The van der Waals surface area contributed by atoms with E-state index in [1.807, 2.05) is 127 Å². The van der Waals surface area contributed by atoms with E-state index in [1.165, 1.54) is 0 Å². The number of nitriles is 1. The molecule has 0 amide bonds. The zero-order valence-electron chi connectivity index (χ0n) is 27.2. The second-order valence-corrected chi connectivity index (χ2v) is 14.7. The Balaban J connectivity index is 1.63. The molecule has 0 aromatic heterocycles. The van der Waals surface area contributed by atoms with Crippen LogP contribution in [0.3, 0.4) is 0 Å². The van der Waals surface area contributed by atoms with Gasteiger partial charge < -0.3 is 9.84 Å². The van der Waals surface area contributed by atoms with Gasteiger partial charge in [0.2, 0.25) is 0 Å². The molecule has 0 saturated heterocycles. The number of rotatable bonds is 7. The second kappa shape index (κ2) is 13.6. The van der Waals surface area contributed by atoms with E-state index in [1.54, 1.807) is 13.0 Å². The van der Waals surface area contributed by atoms with Gasteiger partial charge in [0.1, 0.15) is 5.60 Å². The number of carbonyl (C=O) groups is 2. The molecular weight excluding hydrogens is 754 g/mol. The van der Waals surface area contributed by atoms with Crippen molar-refractivity contribution in [2.45, 2.75) is 30.8 Å². The number of Topliss-reactive ketones (excluding diaryl/α,β-unsaturated/α-hetero) is 1. The number of benzene rings is 6. The maximum absolute atomic E-state index is 15.6. The smallest absolute Gasteiger partial charge is 0.327 e. The summed E-state index contributed by atoms with van der Waals surface area (Å²) in [4.78, 5) is 30.4. The lowest BCUT2D eigenvalue weighted by Crippen LogP contribution is -2.59. The van der Waals surface area contributed by atoms with E-state index in [2.05, 4.69) is 37.9 Å². The molecule has 6 aromatic carbocycles. The predicted molar refractivity (Wildman–Crippen MR) is 203 cm³/mol. The van der Waals surface area contributed by atoms with E-state index in [9.17, 15) is 15.2 Å². The van der Waals surface area contributed by atoms with Crippen LogP contribution in [0.15, 0.2) is 142 Å². The van der Waals surface area contributed by atoms with Gasteiger partial charge in [-0.15, -0.1) is 0 Å². The SMILES string of the molecule is CCOC(=O)[C@@]1(C#N)[C@H](c2cccc(Br)c2)C[C@](O)(c2cccc3ccccc23)[C@H](C(=O)c2cccc3ccccc23)[C@@H]1c1cccc(Br)c1. The first-order valence-corrected chi connectivity index (χ1v) is 18.1. The summed E-state index contributed by atoms with van der Waals surface area (Å²) in [5.41, 5.74) is -1.58. The van der Waals surface area contributed by atoms with Crippen molar-refractivity contribution in [3.63, 3.8) is 0 Å². The third-order valence-electron chi connectivity index (χ3n) is 10.3. The van der Waals surface area contributed by atoms with Crippen LogP contribution < -0.4 is 0 Å². The fourth-order valence-electron chi connectivity index (χ4n) is 8.18. The standard InChI is InChI=1S/C43H33Br2NO4/c1-2-50-41(48)42(26-46)37(29-15-7-17-31(44)23-29)25-43(49,36-22-10-14-28-12-4-6-20-34(28)36)39(38(42)30-16-8-18-32(45)24-30)40(47)35-21-9-13-27-11-3-5-19-33(27)35/h3-24,37-39,49H,2,25H2,1H3/t37-,38-,39-,42-,43-/m0/s1. The monoisotopic (exact) mass is 785 g/mol. The Bertz CT molecular complexity index is 2300. The molecule has 0 heterocycles. The Morgan fingerprint density at radius 2 is 1.34 bits per heavy atom. The summed E-state index contributed by atoms with van der Waals surface area (Å²) in [6.07, 6.45) is -0.102. The normalized spacial score (nSPS) is 23.3. The lowest BCUT2D eigenvalue weighted by molar-refractivity contribution is -0.164. The number of fused-ring (bicyclic) bond motifs is 2. The minimum atomic E-state index is -1.92. The summed E-state index contributed by atoms with van der Waals surface area (Å²) in [5, 5.41) is 28.5. The molecule has 1 aliphatic carbocycles. The second-order valence-electron chi connectivity index (χ2n) is 12.9. The molecule has 1 fully saturated rings. The number of ketones is 1. The number of nitrogens with zero attached hydrogens (tertiary/aromatic N) is 1. The molecule has 6 aromatic rings. The minimum absolute atomic E-state index is 0.0359. The van der Waals surface area contributed by atoms with Crippen LogP contribution in [0, 0.1) is 22.7 Å². The fraction of sp³-hybridized carbons (Fsp3) is 0.186. The van der Waals surface area contributed by atoms with Crippen LogP contribution in [0.25, 0.3) is 21.5 Å². The highest BCUT2D eigenvalue weighted by Crippen LogP contribution is 2.64. The van der Waals surface area contributed by atoms with Crippen molar-refractivity contribution in [1.82, 2.24) is 0 Å². The van der Waals surface area contributed by atoms with Crippen molar-refractivity contribution >= 4 is 65.2 Å². The minimum Gasteiger partial charge on any atom is -0.465 e. The van der Waals surface area contributed by atoms with Gasteiger partial charge in [-0.25, -0.2) is 0 Å². The van der Waals surface area contributed by atoms with Crippen molar-refractivity contribution in [2.24, 2.45) is 11.3 Å². The first-order valence-electron chi connectivity index (χ1n) is 16.5. The molecule has 5 atom stereocenters. The van der Waals surface area contributed by atoms with Gasteiger partial charge >= 0.3 is 5.97 Å². The predicted octanol–water partition coefficient (Wildman–Crippen LogP) is 10.2. The van der Waals surface area contributed by atoms with Crippen LogP contribution in [-0.2, 0) is 15.1 Å². The highest BCUT2D eigenvalue weighted by Gasteiger charge is 2.68. The van der Waals surface area contributed by atoms with Crippen molar-refractivity contribution in [3.05, 3.63) is 165 Å². The summed E-state index contributed by atoms with van der Waals surface area (Å²) in [5.74, 6) is -4.40. The number of esters is 1. The Labute approximate surface area is 307 Å². The van der Waals surface area contributed by atoms with Crippen LogP contribution in [0.4, 0.5) is 0 Å². The van der Waals surface area contributed by atoms with E-state index in [4.69, 9.17) is 4.74 Å². The van der Waals surface area contributed by atoms with Gasteiger partial charge in [-0.3, -0.25) is 9.59 Å². The molecule has 7 rings (SSSR count). The first kappa shape index (κ1) is 33.9. The molecule has 0 bridgehead atoms. The van der Waals surface area contributed by atoms with Crippen molar-refractivity contribution in [3.8, 4) is 6.07 Å². The molecule has 50 heavy (non-hydrogen) atoms. The maximum Gasteiger partial charge on any atom is 0.327 e. The molecule has 0 radical (unpaired) electrons. The van der Waals surface area contributed by atoms with E-state index < -0.39 is 34.7 Å². The average molecular weight is 788 g/mol. The molecule has 5 nitrogen and oxygen atoms in total. The molecule has 0 spiro atoms. The van der Waals surface area contributed by atoms with Gasteiger partial charge in [0, 0.05) is 26.3 Å². The number of ether oxygens (including phenoxy) is 1. The third-order valence-corrected chi connectivity index (χ3v) is 11.2. The molecule has 1 N–H and O–H groups in total. The summed E-state index contributed by atoms with van der Waals surface area (Å²) in [7, 11) is 0. The number of hydrogen-bond acceptors (Lipinski definition) is 5. The summed E-state index contributed by atoms with van der Waals surface area (Å²) in [6, 6.07) is 44.0. The average Bonchev–Trinajstić information content (AvgIpc) is 3.13. The van der Waals surface area contributed by atoms with Gasteiger partial charge in [0.05, 0.1) is 18.6 Å². The maximum atomic E-state index is 15.6. The van der Waals surface area contributed by atoms with Crippen molar-refractivity contribution in [2.75, 3.05) is 6.61 Å². The zero-order chi connectivity index (χ0) is 35.0. The first-order chi connectivity index (χ1) is 24.2. The number of carbonyl (C=O) groups excluding carboxylic acids is 2. The zero-order valence-corrected chi connectivity index (χ0v) is 30.4. The number of halogens is 2. The Morgan fingerprint density at radius 1 is 0.780 bits per heavy atom. The van der Waals surface area contributed by atoms with Crippen LogP contribution >= 0.6 is 31.9 Å². The van der Waals surface area contributed by atoms with Gasteiger partial charge in [0.15, 0.2) is 11.2 Å². The summed E-state index contributed by atoms with van der Waals surface area (Å²) in [6.45, 7) is 1.74. The van der Waals surface area contributed by atoms with Gasteiger partial charge in [-0.2, -0.15) is 5.26 Å². The van der Waals surface area contributed by atoms with Crippen LogP contribution in [0.1, 0.15) is 52.2 Å². The lowest BCUT2D eigenvalue weighted by Gasteiger charge is -2.54. The topological polar surface area (TPSA) is 87.4 Å². The van der Waals surface area contributed by atoms with Gasteiger partial charge in [0.25, 0.3) is 0 Å². The van der Waals surface area contributed by atoms with E-state index in [-0.39, 0.29) is 18.8 Å². The third kappa shape index (κ3) is 5.56. The number of aliphatic hydroxyl groups is 1. The van der Waals surface area contributed by atoms with Gasteiger partial charge in [-0.05, 0) is 75.8 Å². The molecule has 1 aliphatic rings. The Kier molecular flexibility index (Phi) is 9.21. The quantitative estimate of drug-likeness (QED) is 0.129. The lowest BCUT2D eigenvalue weighted by atomic mass is 9.47. The molecule has 0 unspecified atom stereocenters. The molecule has 7 heteroatoms. The molecule has 0 aliphatic heterocycles. The summed E-state index contributed by atoms with van der Waals surface area (Å²) < 4.78 is 7.28. The van der Waals surface area contributed by atoms with Crippen LogP contribution in [0.2, 0.25) is 0 Å². The molecule has 1 saturated carbocycles. The summed E-state index contributed by atoms with van der Waals surface area (Å²) >= 11 is 7.21. The highest BCUT2D eigenvalue weighted by atomic mass is 79.9. The van der Waals surface area contributed by atoms with E-state index in [0.717, 1.165) is 26.0 Å². The van der Waals surface area contributed by atoms with Gasteiger partial charge in [-0.1, -0.05) is 141 Å². The molecular formula is C43H33Br2NO4. The van der Waals surface area contributed by atoms with Crippen molar-refractivity contribution in [1.29, 1.82) is 5.26 Å². The number of hydrogen-bond donors (Lipinski definition) is 1.